The molecule has 0 amide bonds. The monoisotopic (exact) mass is 367 g/mol. The molecule has 1 aromatic heterocycles. The number of hydrogen-bond acceptors (Lipinski definition) is 5. The van der Waals surface area contributed by atoms with Crippen molar-refractivity contribution < 1.29 is 13.2 Å². The molecule has 0 saturated carbocycles. The molecule has 7 heteroatoms. The van der Waals surface area contributed by atoms with Crippen LogP contribution < -0.4 is 0 Å². The summed E-state index contributed by atoms with van der Waals surface area (Å²) in [5.74, 6) is 0.488. The minimum absolute atomic E-state index is 0.00902. The fourth-order valence-corrected chi connectivity index (χ4v) is 5.27. The predicted molar refractivity (Wildman–Crippen MR) is 97.6 cm³/mol. The van der Waals surface area contributed by atoms with E-state index in [9.17, 15) is 8.42 Å². The second kappa shape index (κ2) is 7.31. The van der Waals surface area contributed by atoms with Crippen molar-refractivity contribution in [2.75, 3.05) is 33.3 Å². The Labute approximate surface area is 151 Å². The summed E-state index contributed by atoms with van der Waals surface area (Å²) in [6.45, 7) is 7.07. The Kier molecular flexibility index (Phi) is 5.48. The van der Waals surface area contributed by atoms with Gasteiger partial charge in [-0.05, 0) is 63.9 Å². The Hall–Kier alpha value is -1.02. The summed E-state index contributed by atoms with van der Waals surface area (Å²) >= 11 is 0. The molecule has 140 valence electrons. The minimum atomic E-state index is -3.14. The zero-order valence-electron chi connectivity index (χ0n) is 15.4. The molecule has 6 nitrogen and oxygen atoms in total. The van der Waals surface area contributed by atoms with Crippen molar-refractivity contribution >= 4 is 10.0 Å². The van der Waals surface area contributed by atoms with Crippen LogP contribution in [-0.2, 0) is 21.4 Å². The van der Waals surface area contributed by atoms with E-state index < -0.39 is 10.0 Å². The van der Waals surface area contributed by atoms with E-state index in [0.717, 1.165) is 31.6 Å². The molecule has 0 unspecified atom stereocenters. The summed E-state index contributed by atoms with van der Waals surface area (Å²) in [4.78, 5) is 6.36. The first kappa shape index (κ1) is 18.8. The van der Waals surface area contributed by atoms with Gasteiger partial charge in [-0.2, -0.15) is 4.31 Å². The van der Waals surface area contributed by atoms with E-state index in [2.05, 4.69) is 16.9 Å². The van der Waals surface area contributed by atoms with Crippen molar-refractivity contribution in [3.8, 4) is 0 Å². The largest absolute Gasteiger partial charge is 0.376 e. The predicted octanol–water partition coefficient (Wildman–Crippen LogP) is 1.73. The molecule has 1 spiro atoms. The van der Waals surface area contributed by atoms with Crippen LogP contribution >= 0.6 is 0 Å². The number of nitrogens with zero attached hydrogens (tertiary/aromatic N) is 3. The fraction of sp³-hybridized carbons (Fsp3) is 0.722. The van der Waals surface area contributed by atoms with E-state index in [1.165, 1.54) is 0 Å². The third-order valence-electron chi connectivity index (χ3n) is 5.62. The third-order valence-corrected chi connectivity index (χ3v) is 7.79. The maximum Gasteiger partial charge on any atom is 0.216 e. The molecule has 2 saturated heterocycles. The fourth-order valence-electron chi connectivity index (χ4n) is 3.83. The number of rotatable bonds is 6. The summed E-state index contributed by atoms with van der Waals surface area (Å²) < 4.78 is 32.2. The molecule has 2 aliphatic rings. The summed E-state index contributed by atoms with van der Waals surface area (Å²) in [5.41, 5.74) is 1.13. The maximum atomic E-state index is 12.3. The van der Waals surface area contributed by atoms with Crippen LogP contribution in [0.15, 0.2) is 24.5 Å². The van der Waals surface area contributed by atoms with E-state index in [0.29, 0.717) is 25.6 Å². The minimum Gasteiger partial charge on any atom is -0.376 e. The molecule has 0 aromatic carbocycles. The van der Waals surface area contributed by atoms with Crippen LogP contribution in [0.4, 0.5) is 0 Å². The van der Waals surface area contributed by atoms with E-state index in [1.807, 2.05) is 12.1 Å². The smallest absolute Gasteiger partial charge is 0.216 e. The number of piperidine rings is 1. The van der Waals surface area contributed by atoms with Crippen molar-refractivity contribution in [2.24, 2.45) is 5.92 Å². The lowest BCUT2D eigenvalue weighted by atomic mass is 9.77. The maximum absolute atomic E-state index is 12.3. The van der Waals surface area contributed by atoms with Crippen molar-refractivity contribution in [2.45, 2.75) is 44.1 Å². The number of aromatic nitrogens is 1. The molecule has 0 aliphatic carbocycles. The average molecular weight is 368 g/mol. The first-order valence-corrected chi connectivity index (χ1v) is 10.5. The molecule has 2 aliphatic heterocycles. The van der Waals surface area contributed by atoms with Gasteiger partial charge in [0.2, 0.25) is 10.0 Å². The standard InChI is InChI=1S/C18H29N3O3S/c1-15(2)25(22,23)21-13-18(14-21)10-17(6-9-20(18)3)12-24-11-16-4-7-19-8-5-16/h4-5,7-8,15,17H,6,9-14H2,1-3H3/t17-/m0/s1. The van der Waals surface area contributed by atoms with E-state index in [4.69, 9.17) is 4.74 Å². The molecular formula is C18H29N3O3S. The van der Waals surface area contributed by atoms with Crippen LogP contribution in [0.25, 0.3) is 0 Å². The summed E-state index contributed by atoms with van der Waals surface area (Å²) in [7, 11) is -1.02. The van der Waals surface area contributed by atoms with Gasteiger partial charge in [0.25, 0.3) is 0 Å². The highest BCUT2D eigenvalue weighted by Gasteiger charge is 2.53. The first-order valence-electron chi connectivity index (χ1n) is 9.00. The lowest BCUT2D eigenvalue weighted by Gasteiger charge is -2.58. The summed E-state index contributed by atoms with van der Waals surface area (Å²) in [5, 5.41) is -0.349. The highest BCUT2D eigenvalue weighted by molar-refractivity contribution is 7.89. The number of hydrogen-bond donors (Lipinski definition) is 0. The van der Waals surface area contributed by atoms with Crippen LogP contribution in [0.1, 0.15) is 32.3 Å². The molecule has 2 fully saturated rings. The third kappa shape index (κ3) is 3.89. The van der Waals surface area contributed by atoms with Crippen molar-refractivity contribution in [1.82, 2.24) is 14.2 Å². The van der Waals surface area contributed by atoms with E-state index in [-0.39, 0.29) is 10.8 Å². The van der Waals surface area contributed by atoms with Crippen LogP contribution in [0.5, 0.6) is 0 Å². The Bertz CT molecular complexity index is 672. The van der Waals surface area contributed by atoms with Crippen molar-refractivity contribution in [3.63, 3.8) is 0 Å². The first-order chi connectivity index (χ1) is 11.8. The normalized spacial score (nSPS) is 24.6. The quantitative estimate of drug-likeness (QED) is 0.766. The molecule has 0 bridgehead atoms. The zero-order chi connectivity index (χ0) is 18.1. The average Bonchev–Trinajstić information content (AvgIpc) is 2.55. The van der Waals surface area contributed by atoms with Crippen LogP contribution in [0.3, 0.4) is 0 Å². The van der Waals surface area contributed by atoms with Crippen molar-refractivity contribution in [1.29, 1.82) is 0 Å². The number of pyridine rings is 1. The van der Waals surface area contributed by atoms with Gasteiger partial charge in [0, 0.05) is 37.6 Å². The Morgan fingerprint density at radius 3 is 2.64 bits per heavy atom. The molecule has 25 heavy (non-hydrogen) atoms. The highest BCUT2D eigenvalue weighted by Crippen LogP contribution is 2.40. The van der Waals surface area contributed by atoms with Gasteiger partial charge in [-0.25, -0.2) is 8.42 Å². The van der Waals surface area contributed by atoms with Gasteiger partial charge in [-0.15, -0.1) is 0 Å². The SMILES string of the molecule is CC(C)S(=O)(=O)N1CC2(C[C@@H](COCc3ccncc3)CCN2C)C1. The molecule has 0 radical (unpaired) electrons. The van der Waals surface area contributed by atoms with E-state index >= 15 is 0 Å². The Morgan fingerprint density at radius 2 is 2.00 bits per heavy atom. The topological polar surface area (TPSA) is 62.7 Å². The second-order valence-electron chi connectivity index (χ2n) is 7.74. The lowest BCUT2D eigenvalue weighted by molar-refractivity contribution is -0.0602. The van der Waals surface area contributed by atoms with Crippen LogP contribution in [0.2, 0.25) is 0 Å². The van der Waals surface area contributed by atoms with Gasteiger partial charge >= 0.3 is 0 Å². The van der Waals surface area contributed by atoms with E-state index in [1.54, 1.807) is 30.5 Å². The number of ether oxygens (including phenoxy) is 1. The molecule has 1 atom stereocenters. The number of likely N-dealkylation sites (tertiary alicyclic amines) is 1. The van der Waals surface area contributed by atoms with Gasteiger partial charge in [0.1, 0.15) is 0 Å². The van der Waals surface area contributed by atoms with Gasteiger partial charge in [0.15, 0.2) is 0 Å². The highest BCUT2D eigenvalue weighted by atomic mass is 32.2. The zero-order valence-corrected chi connectivity index (χ0v) is 16.2. The molecule has 1 aromatic rings. The van der Waals surface area contributed by atoms with Crippen LogP contribution in [0, 0.1) is 5.92 Å². The molecule has 3 heterocycles. The van der Waals surface area contributed by atoms with Crippen molar-refractivity contribution in [3.05, 3.63) is 30.1 Å². The van der Waals surface area contributed by atoms with Crippen LogP contribution in [-0.4, -0.2) is 66.7 Å². The van der Waals surface area contributed by atoms with Gasteiger partial charge < -0.3 is 4.74 Å². The molecule has 0 N–H and O–H groups in total. The van der Waals surface area contributed by atoms with Gasteiger partial charge in [0.05, 0.1) is 11.9 Å². The Balaban J connectivity index is 1.53. The second-order valence-corrected chi connectivity index (χ2v) is 10.2. The van der Waals surface area contributed by atoms with Gasteiger partial charge in [-0.1, -0.05) is 0 Å². The Morgan fingerprint density at radius 1 is 1.32 bits per heavy atom. The van der Waals surface area contributed by atoms with Gasteiger partial charge in [-0.3, -0.25) is 9.88 Å². The summed E-state index contributed by atoms with van der Waals surface area (Å²) in [6, 6.07) is 3.94. The molecular weight excluding hydrogens is 338 g/mol. The summed E-state index contributed by atoms with van der Waals surface area (Å²) in [6.07, 6.45) is 5.66. The lowest BCUT2D eigenvalue weighted by Crippen LogP contribution is -2.73. The number of likely N-dealkylation sites (N-methyl/N-ethyl adjacent to an activating group) is 1. The number of sulfonamides is 1. The molecule has 3 rings (SSSR count).